The maximum atomic E-state index is 14.7. The monoisotopic (exact) mass is 368 g/mol. The number of nitrogens with zero attached hydrogens (tertiary/aromatic N) is 2. The molecule has 4 rings (SSSR count). The minimum Gasteiger partial charge on any atom is -0.378 e. The maximum absolute atomic E-state index is 14.7. The van der Waals surface area contributed by atoms with Crippen LogP contribution in [0, 0.1) is 19.7 Å². The van der Waals surface area contributed by atoms with Crippen molar-refractivity contribution in [3.05, 3.63) is 58.4 Å². The highest BCUT2D eigenvalue weighted by molar-refractivity contribution is 6.07. The van der Waals surface area contributed by atoms with E-state index in [1.165, 1.54) is 17.2 Å². The van der Waals surface area contributed by atoms with Crippen molar-refractivity contribution in [2.24, 2.45) is 0 Å². The highest BCUT2D eigenvalue weighted by Gasteiger charge is 2.26. The fraction of sp³-hybridized carbons (Fsp3) is 0.409. The molecule has 0 spiro atoms. The van der Waals surface area contributed by atoms with Gasteiger partial charge in [0.1, 0.15) is 5.82 Å². The lowest BCUT2D eigenvalue weighted by Gasteiger charge is -2.32. The summed E-state index contributed by atoms with van der Waals surface area (Å²) in [6, 6.07) is 9.07. The molecule has 0 atom stereocenters. The van der Waals surface area contributed by atoms with E-state index in [9.17, 15) is 9.18 Å². The van der Waals surface area contributed by atoms with Crippen LogP contribution in [0.15, 0.2) is 30.3 Å². The van der Waals surface area contributed by atoms with E-state index >= 15 is 0 Å². The van der Waals surface area contributed by atoms with Gasteiger partial charge in [-0.3, -0.25) is 4.79 Å². The number of aryl methyl sites for hydroxylation is 2. The number of anilines is 2. The Kier molecular flexibility index (Phi) is 4.87. The third kappa shape index (κ3) is 3.44. The molecule has 142 valence electrons. The van der Waals surface area contributed by atoms with Crippen molar-refractivity contribution < 1.29 is 13.9 Å². The molecular formula is C22H25FN2O2. The van der Waals surface area contributed by atoms with E-state index in [0.717, 1.165) is 24.1 Å². The van der Waals surface area contributed by atoms with Crippen molar-refractivity contribution in [2.45, 2.75) is 26.7 Å². The number of halogens is 1. The van der Waals surface area contributed by atoms with Crippen molar-refractivity contribution in [1.82, 2.24) is 0 Å². The predicted octanol–water partition coefficient (Wildman–Crippen LogP) is 3.87. The molecule has 2 aromatic rings. The maximum Gasteiger partial charge on any atom is 0.258 e. The number of ether oxygens (including phenoxy) is 1. The minimum absolute atomic E-state index is 0.131. The molecule has 2 aromatic carbocycles. The van der Waals surface area contributed by atoms with Gasteiger partial charge < -0.3 is 14.5 Å². The average molecular weight is 368 g/mol. The van der Waals surface area contributed by atoms with E-state index in [2.05, 4.69) is 19.1 Å². The van der Waals surface area contributed by atoms with E-state index in [-0.39, 0.29) is 11.7 Å². The number of rotatable bonds is 2. The molecule has 2 aliphatic rings. The molecule has 0 unspecified atom stereocenters. The van der Waals surface area contributed by atoms with Gasteiger partial charge in [-0.1, -0.05) is 6.07 Å². The van der Waals surface area contributed by atoms with Crippen LogP contribution in [0.1, 0.15) is 33.5 Å². The van der Waals surface area contributed by atoms with Crippen LogP contribution in [0.3, 0.4) is 0 Å². The van der Waals surface area contributed by atoms with E-state index in [0.29, 0.717) is 44.1 Å². The van der Waals surface area contributed by atoms with Crippen LogP contribution < -0.4 is 9.80 Å². The third-order valence-electron chi connectivity index (χ3n) is 5.48. The molecule has 0 aromatic heterocycles. The van der Waals surface area contributed by atoms with Gasteiger partial charge in [0.15, 0.2) is 0 Å². The molecule has 4 nitrogen and oxygen atoms in total. The first-order valence-electron chi connectivity index (χ1n) is 9.59. The topological polar surface area (TPSA) is 32.8 Å². The molecule has 0 radical (unpaired) electrons. The molecule has 0 N–H and O–H groups in total. The molecule has 0 bridgehead atoms. The lowest BCUT2D eigenvalue weighted by molar-refractivity contribution is 0.0984. The van der Waals surface area contributed by atoms with E-state index in [1.807, 2.05) is 16.7 Å². The molecule has 2 heterocycles. The number of hydrogen-bond donors (Lipinski definition) is 0. The summed E-state index contributed by atoms with van der Waals surface area (Å²) in [5.41, 5.74) is 5.50. The second-order valence-corrected chi connectivity index (χ2v) is 7.41. The molecule has 5 heteroatoms. The predicted molar refractivity (Wildman–Crippen MR) is 105 cm³/mol. The zero-order valence-electron chi connectivity index (χ0n) is 15.9. The fourth-order valence-corrected chi connectivity index (χ4v) is 4.14. The number of fused-ring (bicyclic) bond motifs is 1. The number of morpholine rings is 1. The lowest BCUT2D eigenvalue weighted by Crippen LogP contribution is -2.37. The normalized spacial score (nSPS) is 17.0. The standard InChI is InChI=1S/C22H25FN2O2/c1-15-12-16(2)18-4-3-7-25(21(18)13-15)22(26)17-5-6-20(19(23)14-17)24-8-10-27-11-9-24/h5-6,12-14H,3-4,7-11H2,1-2H3. The van der Waals surface area contributed by atoms with Crippen LogP contribution in [0.25, 0.3) is 0 Å². The van der Waals surface area contributed by atoms with Crippen molar-refractivity contribution in [3.8, 4) is 0 Å². The molecule has 0 saturated carbocycles. The Bertz CT molecular complexity index is 875. The van der Waals surface area contributed by atoms with Gasteiger partial charge in [0.05, 0.1) is 18.9 Å². The second kappa shape index (κ2) is 7.31. The molecule has 27 heavy (non-hydrogen) atoms. The van der Waals surface area contributed by atoms with Gasteiger partial charge in [0.25, 0.3) is 5.91 Å². The summed E-state index contributed by atoms with van der Waals surface area (Å²) >= 11 is 0. The minimum atomic E-state index is -0.347. The molecule has 1 saturated heterocycles. The highest BCUT2D eigenvalue weighted by atomic mass is 19.1. The van der Waals surface area contributed by atoms with Gasteiger partial charge >= 0.3 is 0 Å². The van der Waals surface area contributed by atoms with Gasteiger partial charge in [0, 0.05) is 30.9 Å². The molecular weight excluding hydrogens is 343 g/mol. The largest absolute Gasteiger partial charge is 0.378 e. The Morgan fingerprint density at radius 3 is 2.56 bits per heavy atom. The number of carbonyl (C=O) groups excluding carboxylic acids is 1. The van der Waals surface area contributed by atoms with Gasteiger partial charge in [-0.25, -0.2) is 4.39 Å². The van der Waals surface area contributed by atoms with Crippen molar-refractivity contribution in [2.75, 3.05) is 42.6 Å². The summed E-state index contributed by atoms with van der Waals surface area (Å²) in [6.07, 6.45) is 1.91. The number of benzene rings is 2. The Labute approximate surface area is 159 Å². The summed E-state index contributed by atoms with van der Waals surface area (Å²) in [6.45, 7) is 7.34. The summed E-state index contributed by atoms with van der Waals surface area (Å²) < 4.78 is 20.1. The van der Waals surface area contributed by atoms with Crippen molar-refractivity contribution >= 4 is 17.3 Å². The van der Waals surface area contributed by atoms with Gasteiger partial charge in [-0.15, -0.1) is 0 Å². The number of hydrogen-bond acceptors (Lipinski definition) is 3. The summed E-state index contributed by atoms with van der Waals surface area (Å²) in [7, 11) is 0. The first-order chi connectivity index (χ1) is 13.0. The van der Waals surface area contributed by atoms with Crippen LogP contribution in [0.5, 0.6) is 0 Å². The van der Waals surface area contributed by atoms with E-state index < -0.39 is 0 Å². The average Bonchev–Trinajstić information content (AvgIpc) is 2.67. The number of amides is 1. The molecule has 1 fully saturated rings. The lowest BCUT2D eigenvalue weighted by atomic mass is 9.94. The SMILES string of the molecule is Cc1cc(C)c2c(c1)N(C(=O)c1ccc(N3CCOCC3)c(F)c1)CCC2. The Morgan fingerprint density at radius 1 is 1.04 bits per heavy atom. The molecule has 1 amide bonds. The molecule has 2 aliphatic heterocycles. The fourth-order valence-electron chi connectivity index (χ4n) is 4.14. The summed E-state index contributed by atoms with van der Waals surface area (Å²) in [4.78, 5) is 16.9. The van der Waals surface area contributed by atoms with Gasteiger partial charge in [-0.05, 0) is 67.6 Å². The van der Waals surface area contributed by atoms with Crippen LogP contribution >= 0.6 is 0 Å². The summed E-state index contributed by atoms with van der Waals surface area (Å²) in [5.74, 6) is -0.478. The van der Waals surface area contributed by atoms with Crippen molar-refractivity contribution in [3.63, 3.8) is 0 Å². The zero-order chi connectivity index (χ0) is 19.0. The van der Waals surface area contributed by atoms with Crippen LogP contribution in [-0.4, -0.2) is 38.8 Å². The number of carbonyl (C=O) groups is 1. The molecule has 0 aliphatic carbocycles. The van der Waals surface area contributed by atoms with Crippen LogP contribution in [0.2, 0.25) is 0 Å². The third-order valence-corrected chi connectivity index (χ3v) is 5.48. The van der Waals surface area contributed by atoms with Gasteiger partial charge in [-0.2, -0.15) is 0 Å². The van der Waals surface area contributed by atoms with E-state index in [4.69, 9.17) is 4.74 Å². The van der Waals surface area contributed by atoms with Crippen LogP contribution in [0.4, 0.5) is 15.8 Å². The first-order valence-corrected chi connectivity index (χ1v) is 9.59. The zero-order valence-corrected chi connectivity index (χ0v) is 15.9. The highest BCUT2D eigenvalue weighted by Crippen LogP contribution is 2.32. The van der Waals surface area contributed by atoms with Crippen molar-refractivity contribution in [1.29, 1.82) is 0 Å². The van der Waals surface area contributed by atoms with Crippen LogP contribution in [-0.2, 0) is 11.2 Å². The van der Waals surface area contributed by atoms with Gasteiger partial charge in [0.2, 0.25) is 0 Å². The first kappa shape index (κ1) is 18.0. The Hall–Kier alpha value is -2.40. The summed E-state index contributed by atoms with van der Waals surface area (Å²) in [5, 5.41) is 0. The Morgan fingerprint density at radius 2 is 1.81 bits per heavy atom. The Balaban J connectivity index is 1.63. The quantitative estimate of drug-likeness (QED) is 0.807. The smallest absolute Gasteiger partial charge is 0.258 e. The van der Waals surface area contributed by atoms with E-state index in [1.54, 1.807) is 12.1 Å². The second-order valence-electron chi connectivity index (χ2n) is 7.41.